The van der Waals surface area contributed by atoms with E-state index in [0.717, 1.165) is 0 Å². The first-order valence-corrected chi connectivity index (χ1v) is 11.9. The van der Waals surface area contributed by atoms with E-state index in [1.165, 1.54) is 0 Å². The fourth-order valence-electron chi connectivity index (χ4n) is 3.78. The summed E-state index contributed by atoms with van der Waals surface area (Å²) >= 11 is 0. The Balaban J connectivity index is 4.88. The van der Waals surface area contributed by atoms with E-state index in [9.17, 15) is 106 Å². The molecule has 0 heterocycles. The maximum absolute atomic E-state index is 15.0. The van der Waals surface area contributed by atoms with Crippen LogP contribution in [0.4, 0.5) is 119 Å². The molecular weight excluding hydrogens is 793 g/mol. The van der Waals surface area contributed by atoms with Gasteiger partial charge < -0.3 is 5.11 Å². The summed E-state index contributed by atoms with van der Waals surface area (Å²) in [5, 5.41) is 9.97. The Labute approximate surface area is 257 Å². The summed E-state index contributed by atoms with van der Waals surface area (Å²) in [6.45, 7) is 0.597. The van der Waals surface area contributed by atoms with Crippen LogP contribution >= 0.6 is 0 Å². The second-order valence-electron chi connectivity index (χ2n) is 9.95. The highest BCUT2D eigenvalue weighted by Crippen LogP contribution is 2.63. The van der Waals surface area contributed by atoms with Crippen molar-refractivity contribution in [3.8, 4) is 0 Å². The van der Waals surface area contributed by atoms with Crippen molar-refractivity contribution < 1.29 is 124 Å². The van der Waals surface area contributed by atoms with Gasteiger partial charge in [0.25, 0.3) is 0 Å². The Morgan fingerprint density at radius 3 is 0.880 bits per heavy atom. The summed E-state index contributed by atoms with van der Waals surface area (Å²) < 4.78 is 370. The van der Waals surface area contributed by atoms with Crippen molar-refractivity contribution in [2.45, 2.75) is 97.7 Å². The molecule has 0 spiro atoms. The Bertz CT molecular complexity index is 1310. The third kappa shape index (κ3) is 6.24. The number of halogens is 27. The maximum atomic E-state index is 15.0. The Morgan fingerprint density at radius 1 is 0.420 bits per heavy atom. The first kappa shape index (κ1) is 45.3. The van der Waals surface area contributed by atoms with E-state index in [0.29, 0.717) is 6.92 Å². The van der Waals surface area contributed by atoms with Gasteiger partial charge in [0.1, 0.15) is 0 Å². The molecule has 0 aromatic heterocycles. The number of alkyl halides is 27. The molecule has 1 N–H and O–H groups in total. The highest BCUT2D eigenvalue weighted by molar-refractivity contribution is 5.49. The van der Waals surface area contributed by atoms with Crippen LogP contribution in [0.5, 0.6) is 0 Å². The molecule has 0 amide bonds. The van der Waals surface area contributed by atoms with Crippen molar-refractivity contribution >= 4 is 0 Å². The lowest BCUT2D eigenvalue weighted by atomic mass is 9.80. The van der Waals surface area contributed by atoms with E-state index in [-0.39, 0.29) is 0 Å². The zero-order valence-corrected chi connectivity index (χ0v) is 22.8. The van der Waals surface area contributed by atoms with E-state index in [1.54, 1.807) is 0 Å². The largest absolute Gasteiger partial charge is 0.460 e. The smallest absolute Gasteiger partial charge is 0.388 e. The molecule has 28 heteroatoms. The van der Waals surface area contributed by atoms with Crippen molar-refractivity contribution in [1.82, 2.24) is 0 Å². The quantitative estimate of drug-likeness (QED) is 0.209. The summed E-state index contributed by atoms with van der Waals surface area (Å²) in [6, 6.07) is -4.54. The Kier molecular flexibility index (Phi) is 11.0. The molecule has 1 unspecified atom stereocenters. The number of benzene rings is 1. The van der Waals surface area contributed by atoms with Gasteiger partial charge in [-0.3, -0.25) is 0 Å². The van der Waals surface area contributed by atoms with Gasteiger partial charge in [0.15, 0.2) is 0 Å². The van der Waals surface area contributed by atoms with Crippen LogP contribution in [0.1, 0.15) is 48.1 Å². The van der Waals surface area contributed by atoms with E-state index in [1.807, 2.05) is 0 Å². The highest BCUT2D eigenvalue weighted by Gasteiger charge is 2.86. The number of hydrogen-bond donors (Lipinski definition) is 1. The van der Waals surface area contributed by atoms with Crippen LogP contribution in [-0.4, -0.2) is 59.2 Å². The lowest BCUT2D eigenvalue weighted by Crippen LogP contribution is -2.61. The Morgan fingerprint density at radius 2 is 0.660 bits per heavy atom. The van der Waals surface area contributed by atoms with Gasteiger partial charge in [0, 0.05) is 16.7 Å². The van der Waals surface area contributed by atoms with Crippen molar-refractivity contribution in [2.24, 2.45) is 0 Å². The van der Waals surface area contributed by atoms with Crippen LogP contribution in [0.3, 0.4) is 0 Å². The number of aliphatic hydroxyl groups excluding tert-OH is 1. The van der Waals surface area contributed by atoms with Gasteiger partial charge in [-0.1, -0.05) is 13.3 Å². The summed E-state index contributed by atoms with van der Waals surface area (Å²) in [7, 11) is 0. The van der Waals surface area contributed by atoms with Gasteiger partial charge in [-0.15, -0.1) is 0 Å². The van der Waals surface area contributed by atoms with Crippen LogP contribution < -0.4 is 0 Å². The molecule has 1 atom stereocenters. The zero-order chi connectivity index (χ0) is 40.7. The molecule has 0 fully saturated rings. The van der Waals surface area contributed by atoms with E-state index >= 15 is 17.6 Å². The molecule has 1 nitrogen and oxygen atoms in total. The number of aliphatic hydroxyl groups is 1. The van der Waals surface area contributed by atoms with E-state index < -0.39 is 125 Å². The summed E-state index contributed by atoms with van der Waals surface area (Å²) in [4.78, 5) is 0. The van der Waals surface area contributed by atoms with Gasteiger partial charge in [0.2, 0.25) is 0 Å². The second kappa shape index (κ2) is 12.2. The monoisotopic (exact) mass is 804 g/mol. The number of hydrogen-bond acceptors (Lipinski definition) is 1. The second-order valence-corrected chi connectivity index (χ2v) is 9.95. The van der Waals surface area contributed by atoms with Crippen molar-refractivity contribution in [2.75, 3.05) is 0 Å². The molecule has 0 aliphatic rings. The molecule has 0 saturated carbocycles. The SMILES string of the molecule is CCCC(O)c1c(C(F)(F)C(F)(F)C(F)(F)C(F)(F)F)cc(C(F)(F)C(F)(F)C(F)(F)C(F)(F)F)cc1C(F)(F)C(F)(F)C(F)(F)C(F)(F)F. The topological polar surface area (TPSA) is 20.2 Å². The minimum atomic E-state index is -8.43. The molecule has 294 valence electrons. The minimum absolute atomic E-state index is 0.597. The van der Waals surface area contributed by atoms with Crippen LogP contribution in [0.15, 0.2) is 12.1 Å². The molecular formula is C22H11F27O. The summed E-state index contributed by atoms with van der Waals surface area (Å²) in [6.07, 6.45) is -30.8. The predicted molar refractivity (Wildman–Crippen MR) is 106 cm³/mol. The molecule has 0 aliphatic heterocycles. The van der Waals surface area contributed by atoms with Gasteiger partial charge >= 0.3 is 71.8 Å². The molecule has 0 aliphatic carbocycles. The lowest BCUT2D eigenvalue weighted by Gasteiger charge is -2.39. The lowest BCUT2D eigenvalue weighted by molar-refractivity contribution is -0.402. The van der Waals surface area contributed by atoms with Gasteiger partial charge in [-0.25, -0.2) is 0 Å². The standard InChI is InChI=1S/C22H11F27O/c1-2-3-9(50)10-7(12(25,26)15(31,32)18(37,38)21(44,45)46)4-6(11(23,24)14(29,30)17(35,36)20(41,42)43)5-8(10)13(27,28)16(33,34)19(39,40)22(47,48)49/h4-5,9,50H,2-3H2,1H3. The minimum Gasteiger partial charge on any atom is -0.388 e. The van der Waals surface area contributed by atoms with Crippen LogP contribution in [0.25, 0.3) is 0 Å². The molecule has 0 bridgehead atoms. The maximum Gasteiger partial charge on any atom is 0.460 e. The van der Waals surface area contributed by atoms with Crippen molar-refractivity contribution in [3.63, 3.8) is 0 Å². The summed E-state index contributed by atoms with van der Waals surface area (Å²) in [5.74, 6) is -74.2. The molecule has 1 aromatic carbocycles. The van der Waals surface area contributed by atoms with Gasteiger partial charge in [-0.05, 0) is 24.1 Å². The zero-order valence-electron chi connectivity index (χ0n) is 22.8. The third-order valence-corrected chi connectivity index (χ3v) is 6.55. The Hall–Kier alpha value is -2.71. The average Bonchev–Trinajstić information content (AvgIpc) is 2.89. The predicted octanol–water partition coefficient (Wildman–Crippen LogP) is 11.3. The average molecular weight is 804 g/mol. The molecule has 1 aromatic rings. The molecule has 1 rings (SSSR count). The van der Waals surface area contributed by atoms with Crippen molar-refractivity contribution in [3.05, 3.63) is 34.4 Å². The fourth-order valence-corrected chi connectivity index (χ4v) is 3.78. The first-order valence-electron chi connectivity index (χ1n) is 11.9. The molecule has 0 radical (unpaired) electrons. The normalized spacial score (nSPS) is 16.6. The highest BCUT2D eigenvalue weighted by atomic mass is 19.4. The van der Waals surface area contributed by atoms with E-state index in [2.05, 4.69) is 0 Å². The van der Waals surface area contributed by atoms with Crippen LogP contribution in [0, 0.1) is 0 Å². The fraction of sp³-hybridized carbons (Fsp3) is 0.727. The van der Waals surface area contributed by atoms with Gasteiger partial charge in [-0.2, -0.15) is 119 Å². The third-order valence-electron chi connectivity index (χ3n) is 6.55. The van der Waals surface area contributed by atoms with Crippen LogP contribution in [-0.2, 0) is 17.8 Å². The van der Waals surface area contributed by atoms with Gasteiger partial charge in [0.05, 0.1) is 6.10 Å². The van der Waals surface area contributed by atoms with Crippen molar-refractivity contribution in [1.29, 1.82) is 0 Å². The molecule has 50 heavy (non-hydrogen) atoms. The van der Waals surface area contributed by atoms with E-state index in [4.69, 9.17) is 0 Å². The summed E-state index contributed by atoms with van der Waals surface area (Å²) in [5.41, 5.74) is -16.8. The number of rotatable bonds is 12. The first-order chi connectivity index (χ1) is 21.4. The molecule has 0 saturated heterocycles. The van der Waals surface area contributed by atoms with Crippen LogP contribution in [0.2, 0.25) is 0 Å².